The fourth-order valence-electron chi connectivity index (χ4n) is 24.3. The highest BCUT2D eigenvalue weighted by Gasteiger charge is 2.80. The van der Waals surface area contributed by atoms with Crippen LogP contribution in [0.15, 0.2) is 54.2 Å². The molecular weight excluding hydrogens is 1150 g/mol. The van der Waals surface area contributed by atoms with Crippen molar-refractivity contribution in [3.8, 4) is 17.6 Å². The second kappa shape index (κ2) is 21.1. The second-order valence-electron chi connectivity index (χ2n) is 31.9. The third-order valence-electron chi connectivity index (χ3n) is 28.6. The molecule has 1 aromatic rings. The van der Waals surface area contributed by atoms with Gasteiger partial charge in [0, 0.05) is 84.4 Å². The van der Waals surface area contributed by atoms with E-state index < -0.39 is 110 Å². The fraction of sp³-hybridized carbons (Fsp3) is 0.775. The first-order valence-corrected chi connectivity index (χ1v) is 36.3. The number of carbonyl (C=O) groups excluding carboxylic acids is 2. The number of epoxide rings is 1. The Morgan fingerprint density at radius 3 is 2.53 bits per heavy atom. The summed E-state index contributed by atoms with van der Waals surface area (Å²) in [4.78, 5) is 34.9. The van der Waals surface area contributed by atoms with Gasteiger partial charge in [-0.15, -0.1) is 5.92 Å². The number of carbonyl (C=O) groups is 2. The molecule has 9 aliphatic carbocycles. The van der Waals surface area contributed by atoms with Crippen LogP contribution in [0.5, 0.6) is 5.75 Å². The summed E-state index contributed by atoms with van der Waals surface area (Å²) in [5.74, 6) is 5.31. The number of amides is 1. The van der Waals surface area contributed by atoms with Crippen molar-refractivity contribution >= 4 is 39.0 Å². The normalized spacial score (nSPS) is 52.5. The van der Waals surface area contributed by atoms with Crippen molar-refractivity contribution in [3.05, 3.63) is 59.7 Å². The number of hydrogen-bond acceptors (Lipinski definition) is 16. The van der Waals surface area contributed by atoms with Crippen LogP contribution < -0.4 is 10.2 Å². The summed E-state index contributed by atoms with van der Waals surface area (Å²) < 4.78 is 12.6. The number of aryl methyl sites for hydroxylation is 1. The van der Waals surface area contributed by atoms with Gasteiger partial charge in [-0.2, -0.15) is 0 Å². The van der Waals surface area contributed by atoms with E-state index >= 15 is 9.59 Å². The van der Waals surface area contributed by atoms with Gasteiger partial charge in [0.05, 0.1) is 47.5 Å². The van der Waals surface area contributed by atoms with E-state index in [9.17, 15) is 46.0 Å². The molecule has 10 N–H and O–H groups in total. The van der Waals surface area contributed by atoms with Crippen LogP contribution in [0.3, 0.4) is 0 Å². The number of phenolic OH excluding ortho intramolecular Hbond substituents is 1. The molecule has 17 rings (SSSR count). The standard InChI is InChI=1S/C71H96N2O13S2/c1-38(2)39(3)58-60(86-58)69(83)19-8-13-44-26-51-52-29-55(77)68(32-56(78)66(82,37-75)35-63(51,68)4)62(81)88-87-34-46-12-7-11-45(33-74)71(46)61(80)73(47-23-41(24-48(76)27-47)17-21-67(44)54(69)18-22-70(52,67)84)36-64(71)31-43-10-6-9-40-16-20-65(30-40)50-28-49(85-5)15-14-42(50)25-53(72-65)57(43)59(64)79/h8,13-15,23-24,27,29,38-40,42-46,49-51,53-54,56-60,62,72,74-76,78-79,81-84H,7,9,11-12,16-22,25-26,28,30-37H2,1-5H3/t39-,40-,42-,43+,44+,45+,46-,49-,50-,51+,53-,54+,56-,57+,58+,59+,60-,62+,63-,64-,65+,66-,67-,68+,69-,70-,71-/m1/s1. The Bertz CT molecular complexity index is 3170. The SMILES string of the molecule is CO[C@@H]1C=C[C@@H]2C[C@H]3N[C@]4(CC[C@@H](CC#C[C@H]5C[C@@]6(CN7C(=O)[C@]68[C@H](CO)CCC[C@@H]8CSS[C@H](O)[C@@]68C[C@@H](O)[C@](O)(CO)C[C@]6(C)[C@H]6C[C@@H]9C=CC[C@](O)([C@@H]%10O[C@H]%10[C@H](C)C(C)C)[C@H]%10CC[C@@](O)(C6=CC8=O)[C@@]%109CCc6cc(O)cc7c6)[C@@H](O)[C@@H]53)C4)[C@@H]2C1. The average Bonchev–Trinajstić information content (AvgIpc) is 1.28. The molecule has 6 saturated carbocycles. The van der Waals surface area contributed by atoms with Gasteiger partial charge in [0.15, 0.2) is 5.78 Å². The Labute approximate surface area is 527 Å². The van der Waals surface area contributed by atoms with Crippen molar-refractivity contribution in [1.29, 1.82) is 0 Å². The summed E-state index contributed by atoms with van der Waals surface area (Å²) in [5, 5.41) is 120. The number of hydrogen-bond donors (Lipinski definition) is 10. The lowest BCUT2D eigenvalue weighted by Crippen LogP contribution is -2.72. The molecule has 11 bridgehead atoms. The molecule has 16 aliphatic rings. The molecule has 3 saturated heterocycles. The number of aromatic hydroxyl groups is 1. The van der Waals surface area contributed by atoms with Crippen molar-refractivity contribution in [3.63, 3.8) is 0 Å². The second-order valence-corrected chi connectivity index (χ2v) is 34.4. The summed E-state index contributed by atoms with van der Waals surface area (Å²) >= 11 is 0. The van der Waals surface area contributed by atoms with E-state index in [0.717, 1.165) is 49.3 Å². The number of methoxy groups -OCH3 is 1. The van der Waals surface area contributed by atoms with Crippen molar-refractivity contribution in [2.24, 2.45) is 98.1 Å². The molecule has 7 aliphatic heterocycles. The smallest absolute Gasteiger partial charge is 0.234 e. The zero-order valence-corrected chi connectivity index (χ0v) is 53.7. The zero-order valence-electron chi connectivity index (χ0n) is 52.1. The van der Waals surface area contributed by atoms with E-state index in [1.807, 2.05) is 24.0 Å². The van der Waals surface area contributed by atoms with E-state index in [1.165, 1.54) is 10.8 Å². The molecule has 9 fully saturated rings. The Morgan fingerprint density at radius 2 is 1.76 bits per heavy atom. The number of anilines is 1. The molecule has 0 aromatic heterocycles. The van der Waals surface area contributed by atoms with Crippen LogP contribution in [-0.2, 0) is 25.5 Å². The number of aliphatic hydroxyl groups excluding tert-OH is 5. The minimum atomic E-state index is -2.05. The van der Waals surface area contributed by atoms with Crippen LogP contribution in [0.2, 0.25) is 0 Å². The number of ketones is 1. The minimum absolute atomic E-state index is 0.0332. The maximum Gasteiger partial charge on any atom is 0.234 e. The Balaban J connectivity index is 0.899. The molecule has 27 atom stereocenters. The number of phenols is 1. The Morgan fingerprint density at radius 1 is 0.943 bits per heavy atom. The highest BCUT2D eigenvalue weighted by molar-refractivity contribution is 8.76. The number of ether oxygens (including phenoxy) is 2. The van der Waals surface area contributed by atoms with E-state index in [0.29, 0.717) is 85.8 Å². The van der Waals surface area contributed by atoms with E-state index in [-0.39, 0.29) is 104 Å². The van der Waals surface area contributed by atoms with Crippen LogP contribution in [0.4, 0.5) is 5.69 Å². The summed E-state index contributed by atoms with van der Waals surface area (Å²) in [7, 11) is 4.28. The van der Waals surface area contributed by atoms with Gasteiger partial charge < -0.3 is 65.6 Å². The van der Waals surface area contributed by atoms with Gasteiger partial charge in [-0.05, 0) is 191 Å². The highest BCUT2D eigenvalue weighted by Crippen LogP contribution is 2.77. The summed E-state index contributed by atoms with van der Waals surface area (Å²) in [6, 6.07) is 5.25. The van der Waals surface area contributed by atoms with Crippen LogP contribution in [-0.4, -0.2) is 155 Å². The lowest BCUT2D eigenvalue weighted by Gasteiger charge is -2.68. The topological polar surface area (TPSA) is 253 Å². The first kappa shape index (κ1) is 61.4. The third-order valence-corrected chi connectivity index (χ3v) is 31.2. The van der Waals surface area contributed by atoms with Crippen LogP contribution >= 0.6 is 21.6 Å². The van der Waals surface area contributed by atoms with Gasteiger partial charge in [-0.3, -0.25) is 9.59 Å². The van der Waals surface area contributed by atoms with E-state index in [2.05, 4.69) is 56.2 Å². The van der Waals surface area contributed by atoms with Gasteiger partial charge in [-0.25, -0.2) is 0 Å². The highest BCUT2D eigenvalue weighted by atomic mass is 33.1. The Hall–Kier alpha value is -2.80. The van der Waals surface area contributed by atoms with Gasteiger partial charge in [-0.1, -0.05) is 85.9 Å². The molecule has 5 spiro atoms. The number of nitrogens with one attached hydrogen (secondary N) is 1. The minimum Gasteiger partial charge on any atom is -0.508 e. The van der Waals surface area contributed by atoms with Crippen molar-refractivity contribution < 1.29 is 65.0 Å². The molecule has 17 heteroatoms. The van der Waals surface area contributed by atoms with Crippen molar-refractivity contribution in [1.82, 2.24) is 5.32 Å². The molecule has 1 amide bonds. The maximum atomic E-state index is 17.0. The third kappa shape index (κ3) is 8.05. The Kier molecular flexibility index (Phi) is 14.7. The van der Waals surface area contributed by atoms with Crippen molar-refractivity contribution in [2.45, 2.75) is 208 Å². The lowest BCUT2D eigenvalue weighted by molar-refractivity contribution is -0.235. The van der Waals surface area contributed by atoms with Crippen molar-refractivity contribution in [2.75, 3.05) is 37.5 Å². The largest absolute Gasteiger partial charge is 0.508 e. The summed E-state index contributed by atoms with van der Waals surface area (Å²) in [6.45, 7) is 7.41. The molecule has 15 nitrogen and oxygen atoms in total. The zero-order chi connectivity index (χ0) is 61.7. The molecule has 1 aromatic carbocycles. The van der Waals surface area contributed by atoms with E-state index in [4.69, 9.17) is 9.47 Å². The van der Waals surface area contributed by atoms with Crippen LogP contribution in [0, 0.1) is 110 Å². The van der Waals surface area contributed by atoms with Gasteiger partial charge >= 0.3 is 0 Å². The number of allylic oxidation sites excluding steroid dienone is 3. The molecule has 88 heavy (non-hydrogen) atoms. The first-order chi connectivity index (χ1) is 42.0. The molecule has 0 radical (unpaired) electrons. The van der Waals surface area contributed by atoms with Crippen LogP contribution in [0.25, 0.3) is 0 Å². The van der Waals surface area contributed by atoms with Gasteiger partial charge in [0.2, 0.25) is 5.91 Å². The molecule has 480 valence electrons. The lowest BCUT2D eigenvalue weighted by atomic mass is 9.38. The predicted molar refractivity (Wildman–Crippen MR) is 335 cm³/mol. The molecule has 0 unspecified atom stereocenters. The number of nitrogens with zero attached hydrogens (tertiary/aromatic N) is 1. The number of piperidine rings is 1. The fourth-order valence-corrected chi connectivity index (χ4v) is 27.3. The first-order valence-electron chi connectivity index (χ1n) is 33.9. The molecular formula is C71H96N2O13S2. The summed E-state index contributed by atoms with van der Waals surface area (Å²) in [5.41, 5.74) is -11.8. The summed E-state index contributed by atoms with van der Waals surface area (Å²) in [6.07, 6.45) is 16.1. The number of aliphatic hydroxyl groups is 8. The van der Waals surface area contributed by atoms with E-state index in [1.54, 1.807) is 25.3 Å². The quantitative estimate of drug-likeness (QED) is 0.0587. The number of fused-ring (bicyclic) bond motifs is 6. The monoisotopic (exact) mass is 1250 g/mol. The van der Waals surface area contributed by atoms with Gasteiger partial charge in [0.1, 0.15) is 28.5 Å². The molecule has 7 heterocycles. The van der Waals surface area contributed by atoms with Crippen LogP contribution in [0.1, 0.15) is 142 Å². The van der Waals surface area contributed by atoms with Gasteiger partial charge in [0.25, 0.3) is 0 Å². The number of benzene rings is 1. The average molecular weight is 1250 g/mol. The maximum absolute atomic E-state index is 17.0. The predicted octanol–water partition coefficient (Wildman–Crippen LogP) is 7.17. The number of rotatable bonds is 6.